The first-order chi connectivity index (χ1) is 13.7. The highest BCUT2D eigenvalue weighted by atomic mass is 32.2. The van der Waals surface area contributed by atoms with E-state index >= 15 is 0 Å². The molecule has 0 spiro atoms. The third-order valence-electron chi connectivity index (χ3n) is 8.98. The van der Waals surface area contributed by atoms with Crippen LogP contribution in [0.3, 0.4) is 0 Å². The van der Waals surface area contributed by atoms with E-state index in [1.54, 1.807) is 0 Å². The standard InChI is InChI=1S/C23H34O5S/c1-21-7-5-15(25)11-14(21)3-4-16-17-6-8-23(28,19(27)13-29-10-9-24)22(17,2)12-18(26)20(16)21/h11,16-18,20,24,26,28H,3-10,12-13H2,1-2H3/t16-,17-,18+,20-,21+,22+,23+/m1/s1. The fourth-order valence-corrected chi connectivity index (χ4v) is 8.20. The molecule has 5 nitrogen and oxygen atoms in total. The van der Waals surface area contributed by atoms with Crippen LogP contribution < -0.4 is 0 Å². The maximum Gasteiger partial charge on any atom is 0.174 e. The van der Waals surface area contributed by atoms with Crippen molar-refractivity contribution in [1.82, 2.24) is 0 Å². The summed E-state index contributed by atoms with van der Waals surface area (Å²) in [5.41, 5.74) is -0.973. The predicted octanol–water partition coefficient (Wildman–Crippen LogP) is 2.51. The summed E-state index contributed by atoms with van der Waals surface area (Å²) in [7, 11) is 0. The molecule has 0 unspecified atom stereocenters. The van der Waals surface area contributed by atoms with Crippen LogP contribution in [0.25, 0.3) is 0 Å². The molecule has 162 valence electrons. The number of carbonyl (C=O) groups is 2. The lowest BCUT2D eigenvalue weighted by atomic mass is 9.45. The molecule has 3 saturated carbocycles. The third kappa shape index (κ3) is 3.08. The molecule has 0 heterocycles. The summed E-state index contributed by atoms with van der Waals surface area (Å²) in [6.07, 6.45) is 6.08. The van der Waals surface area contributed by atoms with Gasteiger partial charge < -0.3 is 15.3 Å². The van der Waals surface area contributed by atoms with Gasteiger partial charge >= 0.3 is 0 Å². The van der Waals surface area contributed by atoms with Gasteiger partial charge in [-0.2, -0.15) is 11.8 Å². The zero-order valence-electron chi connectivity index (χ0n) is 17.5. The van der Waals surface area contributed by atoms with Crippen molar-refractivity contribution in [3.8, 4) is 0 Å². The van der Waals surface area contributed by atoms with E-state index in [-0.39, 0.29) is 47.1 Å². The van der Waals surface area contributed by atoms with Gasteiger partial charge in [0, 0.05) is 17.6 Å². The number of Topliss-reactive ketones (excluding diaryl/α,β-unsaturated/α-hetero) is 1. The maximum atomic E-state index is 13.0. The van der Waals surface area contributed by atoms with Gasteiger partial charge in [-0.25, -0.2) is 0 Å². The molecule has 29 heavy (non-hydrogen) atoms. The van der Waals surface area contributed by atoms with Crippen LogP contribution in [0.2, 0.25) is 0 Å². The van der Waals surface area contributed by atoms with E-state index in [0.29, 0.717) is 25.0 Å². The van der Waals surface area contributed by atoms with Gasteiger partial charge in [-0.05, 0) is 67.8 Å². The molecular weight excluding hydrogens is 388 g/mol. The number of ketones is 2. The topological polar surface area (TPSA) is 94.8 Å². The number of aliphatic hydroxyl groups excluding tert-OH is 2. The molecule has 4 aliphatic rings. The molecule has 0 aromatic heterocycles. The zero-order chi connectivity index (χ0) is 21.0. The number of fused-ring (bicyclic) bond motifs is 5. The lowest BCUT2D eigenvalue weighted by molar-refractivity contribution is -0.178. The van der Waals surface area contributed by atoms with E-state index in [9.17, 15) is 19.8 Å². The SMILES string of the molecule is C[C@]12CCC(=O)C=C1CC[C@H]1[C@@H]2[C@@H](O)C[C@@]2(C)[C@@H]1CC[C@]2(O)C(=O)CSCCO. The van der Waals surface area contributed by atoms with Crippen LogP contribution >= 0.6 is 11.8 Å². The van der Waals surface area contributed by atoms with E-state index in [2.05, 4.69) is 6.92 Å². The molecule has 0 aromatic carbocycles. The van der Waals surface area contributed by atoms with Gasteiger partial charge in [0.1, 0.15) is 5.60 Å². The van der Waals surface area contributed by atoms with Gasteiger partial charge in [0.05, 0.1) is 18.5 Å². The van der Waals surface area contributed by atoms with Gasteiger partial charge in [0.2, 0.25) is 0 Å². The molecule has 0 saturated heterocycles. The van der Waals surface area contributed by atoms with Crippen LogP contribution in [0, 0.1) is 28.6 Å². The minimum absolute atomic E-state index is 0.0235. The molecule has 0 aromatic rings. The highest BCUT2D eigenvalue weighted by Gasteiger charge is 2.68. The molecule has 3 N–H and O–H groups in total. The molecule has 3 fully saturated rings. The second-order valence-electron chi connectivity index (χ2n) is 10.2. The highest BCUT2D eigenvalue weighted by Crippen LogP contribution is 2.67. The van der Waals surface area contributed by atoms with E-state index in [4.69, 9.17) is 5.11 Å². The number of hydrogen-bond acceptors (Lipinski definition) is 6. The summed E-state index contributed by atoms with van der Waals surface area (Å²) < 4.78 is 0. The zero-order valence-corrected chi connectivity index (χ0v) is 18.3. The Hall–Kier alpha value is -0.690. The Kier molecular flexibility index (Phi) is 5.55. The molecule has 0 bridgehead atoms. The largest absolute Gasteiger partial charge is 0.396 e. The fraction of sp³-hybridized carbons (Fsp3) is 0.826. The van der Waals surface area contributed by atoms with Gasteiger partial charge in [0.25, 0.3) is 0 Å². The van der Waals surface area contributed by atoms with E-state index in [1.165, 1.54) is 17.3 Å². The number of allylic oxidation sites excluding steroid dienone is 1. The summed E-state index contributed by atoms with van der Waals surface area (Å²) >= 11 is 1.36. The summed E-state index contributed by atoms with van der Waals surface area (Å²) in [6, 6.07) is 0. The number of aliphatic hydroxyl groups is 3. The van der Waals surface area contributed by atoms with Crippen LogP contribution in [-0.4, -0.2) is 56.7 Å². The first kappa shape index (κ1) is 21.5. The summed E-state index contributed by atoms with van der Waals surface area (Å²) in [4.78, 5) is 25.0. The van der Waals surface area contributed by atoms with Crippen LogP contribution in [0.4, 0.5) is 0 Å². The molecule has 0 amide bonds. The quantitative estimate of drug-likeness (QED) is 0.590. The second kappa shape index (κ2) is 7.47. The molecular formula is C23H34O5S. The molecule has 6 heteroatoms. The Balaban J connectivity index is 1.63. The maximum absolute atomic E-state index is 13.0. The van der Waals surface area contributed by atoms with Gasteiger partial charge in [-0.15, -0.1) is 0 Å². The molecule has 4 aliphatic carbocycles. The third-order valence-corrected chi connectivity index (χ3v) is 9.92. The average molecular weight is 423 g/mol. The van der Waals surface area contributed by atoms with Crippen molar-refractivity contribution < 1.29 is 24.9 Å². The van der Waals surface area contributed by atoms with E-state index in [1.807, 2.05) is 13.0 Å². The van der Waals surface area contributed by atoms with E-state index < -0.39 is 17.1 Å². The summed E-state index contributed by atoms with van der Waals surface area (Å²) in [5.74, 6) is 1.31. The van der Waals surface area contributed by atoms with Crippen molar-refractivity contribution >= 4 is 23.3 Å². The monoisotopic (exact) mass is 422 g/mol. The first-order valence-corrected chi connectivity index (χ1v) is 12.2. The molecule has 7 atom stereocenters. The van der Waals surface area contributed by atoms with Crippen molar-refractivity contribution in [2.45, 2.75) is 70.5 Å². The minimum atomic E-state index is -1.40. The number of hydrogen-bond donors (Lipinski definition) is 3. The first-order valence-electron chi connectivity index (χ1n) is 11.0. The number of thioether (sulfide) groups is 1. The highest BCUT2D eigenvalue weighted by molar-refractivity contribution is 7.99. The minimum Gasteiger partial charge on any atom is -0.396 e. The van der Waals surface area contributed by atoms with Crippen LogP contribution in [0.15, 0.2) is 11.6 Å². The average Bonchev–Trinajstić information content (AvgIpc) is 2.94. The van der Waals surface area contributed by atoms with Gasteiger partial charge in [0.15, 0.2) is 11.6 Å². The smallest absolute Gasteiger partial charge is 0.174 e. The van der Waals surface area contributed by atoms with Crippen LogP contribution in [0.1, 0.15) is 58.8 Å². The number of rotatable bonds is 5. The lowest BCUT2D eigenvalue weighted by Gasteiger charge is -2.60. The Morgan fingerprint density at radius 2 is 2.00 bits per heavy atom. The second-order valence-corrected chi connectivity index (χ2v) is 11.3. The van der Waals surface area contributed by atoms with Gasteiger partial charge in [-0.1, -0.05) is 19.4 Å². The summed E-state index contributed by atoms with van der Waals surface area (Å²) in [6.45, 7) is 4.25. The van der Waals surface area contributed by atoms with Crippen LogP contribution in [-0.2, 0) is 9.59 Å². The normalized spacial score (nSPS) is 46.5. The fourth-order valence-electron chi connectivity index (χ4n) is 7.50. The summed E-state index contributed by atoms with van der Waals surface area (Å²) in [5, 5.41) is 31.9. The Bertz CT molecular complexity index is 735. The Labute approximate surface area is 177 Å². The van der Waals surface area contributed by atoms with Crippen molar-refractivity contribution in [2.75, 3.05) is 18.1 Å². The molecule has 0 radical (unpaired) electrons. The van der Waals surface area contributed by atoms with Crippen molar-refractivity contribution in [1.29, 1.82) is 0 Å². The van der Waals surface area contributed by atoms with Crippen LogP contribution in [0.5, 0.6) is 0 Å². The van der Waals surface area contributed by atoms with Crippen molar-refractivity contribution in [3.05, 3.63) is 11.6 Å². The van der Waals surface area contributed by atoms with Gasteiger partial charge in [-0.3, -0.25) is 9.59 Å². The molecule has 0 aliphatic heterocycles. The Morgan fingerprint density at radius 1 is 1.24 bits per heavy atom. The number of carbonyl (C=O) groups excluding carboxylic acids is 2. The van der Waals surface area contributed by atoms with Crippen molar-refractivity contribution in [2.24, 2.45) is 28.6 Å². The molecule has 4 rings (SSSR count). The Morgan fingerprint density at radius 3 is 2.72 bits per heavy atom. The van der Waals surface area contributed by atoms with E-state index in [0.717, 1.165) is 25.7 Å². The van der Waals surface area contributed by atoms with Crippen molar-refractivity contribution in [3.63, 3.8) is 0 Å². The lowest BCUT2D eigenvalue weighted by Crippen LogP contribution is -2.62. The predicted molar refractivity (Wildman–Crippen MR) is 112 cm³/mol.